The molecule has 0 saturated carbocycles. The first kappa shape index (κ1) is 19.1. The fourth-order valence-corrected chi connectivity index (χ4v) is 3.20. The molecule has 0 bridgehead atoms. The minimum atomic E-state index is -2.88. The highest BCUT2D eigenvalue weighted by Gasteiger charge is 2.31. The molecule has 8 nitrogen and oxygen atoms in total. The largest absolute Gasteiger partial charge is 0.435 e. The van der Waals surface area contributed by atoms with Crippen LogP contribution in [-0.2, 0) is 6.54 Å². The first-order valence-corrected chi connectivity index (χ1v) is 8.55. The summed E-state index contributed by atoms with van der Waals surface area (Å²) < 4.78 is 42.1. The van der Waals surface area contributed by atoms with E-state index in [-0.39, 0.29) is 17.1 Å². The number of aromatic nitrogens is 4. The number of fused-ring (bicyclic) bond motifs is 1. The number of hydrogen-bond acceptors (Lipinski definition) is 5. The summed E-state index contributed by atoms with van der Waals surface area (Å²) in [5.41, 5.74) is 1.34. The van der Waals surface area contributed by atoms with Crippen molar-refractivity contribution in [3.05, 3.63) is 70.4 Å². The molecule has 0 unspecified atom stereocenters. The molecule has 0 saturated heterocycles. The Kier molecular flexibility index (Phi) is 4.67. The van der Waals surface area contributed by atoms with Gasteiger partial charge in [-0.3, -0.25) is 4.40 Å². The van der Waals surface area contributed by atoms with Gasteiger partial charge in [0.05, 0.1) is 6.20 Å². The van der Waals surface area contributed by atoms with Crippen molar-refractivity contribution in [3.8, 4) is 28.6 Å². The molecule has 0 aliphatic heterocycles. The van der Waals surface area contributed by atoms with Crippen LogP contribution in [0.5, 0.6) is 0 Å². The van der Waals surface area contributed by atoms with Gasteiger partial charge in [0, 0.05) is 17.3 Å². The first-order chi connectivity index (χ1) is 14.4. The highest BCUT2D eigenvalue weighted by atomic mass is 19.3. The average Bonchev–Trinajstić information content (AvgIpc) is 3.29. The number of benzene rings is 1. The molecule has 0 aliphatic carbocycles. The summed E-state index contributed by atoms with van der Waals surface area (Å²) in [5.74, 6) is -1.30. The normalized spacial score (nSPS) is 11.2. The monoisotopic (exact) mass is 412 g/mol. The van der Waals surface area contributed by atoms with Gasteiger partial charge in [0.25, 0.3) is 6.43 Å². The molecule has 0 radical (unpaired) electrons. The van der Waals surface area contributed by atoms with Gasteiger partial charge in [-0.15, -0.1) is 0 Å². The third kappa shape index (κ3) is 3.24. The lowest BCUT2D eigenvalue weighted by Gasteiger charge is -2.08. The van der Waals surface area contributed by atoms with Crippen LogP contribution >= 0.6 is 0 Å². The summed E-state index contributed by atoms with van der Waals surface area (Å²) in [7, 11) is 0. The smallest absolute Gasteiger partial charge is 0.390 e. The molecule has 4 aromatic rings. The third-order valence-electron chi connectivity index (χ3n) is 4.44. The second-order valence-corrected chi connectivity index (χ2v) is 6.28. The lowest BCUT2D eigenvalue weighted by Crippen LogP contribution is -2.11. The van der Waals surface area contributed by atoms with Crippen LogP contribution in [-0.4, -0.2) is 30.3 Å². The van der Waals surface area contributed by atoms with Gasteiger partial charge in [0.1, 0.15) is 29.8 Å². The van der Waals surface area contributed by atoms with Crippen molar-refractivity contribution in [3.63, 3.8) is 0 Å². The van der Waals surface area contributed by atoms with Gasteiger partial charge in [-0.05, 0) is 41.3 Å². The Labute approximate surface area is 166 Å². The van der Waals surface area contributed by atoms with Crippen molar-refractivity contribution in [1.82, 2.24) is 18.9 Å². The molecule has 30 heavy (non-hydrogen) atoms. The van der Waals surface area contributed by atoms with E-state index in [1.54, 1.807) is 12.1 Å². The van der Waals surface area contributed by atoms with E-state index in [2.05, 4.69) is 9.97 Å². The van der Waals surface area contributed by atoms with Gasteiger partial charge in [0.15, 0.2) is 11.4 Å². The predicted molar refractivity (Wildman–Crippen MR) is 99.2 cm³/mol. The van der Waals surface area contributed by atoms with Crippen LogP contribution in [0.3, 0.4) is 0 Å². The Morgan fingerprint density at radius 3 is 2.50 bits per heavy atom. The molecule has 0 spiro atoms. The lowest BCUT2D eigenvalue weighted by atomic mass is 10.1. The molecule has 0 atom stereocenters. The summed E-state index contributed by atoms with van der Waals surface area (Å²) in [6.07, 6.45) is -0.0698. The fourth-order valence-electron chi connectivity index (χ4n) is 3.20. The van der Waals surface area contributed by atoms with Gasteiger partial charge in [-0.25, -0.2) is 22.7 Å². The molecule has 3 aromatic heterocycles. The minimum Gasteiger partial charge on any atom is -0.390 e. The van der Waals surface area contributed by atoms with Gasteiger partial charge in [0.2, 0.25) is 0 Å². The number of nitrogens with zero attached hydrogens (tertiary/aromatic N) is 6. The standard InChI is InChI=1S/C19H11F3N6O2/c20-13-4-1-11(2-5-13)17-18(27(10-15(21)22)19(25-17)28(29)30)12-3-6-16-24-8-14(7-23)26(16)9-12/h1-6,8-9,15H,10H2. The van der Waals surface area contributed by atoms with E-state index in [1.165, 1.54) is 28.9 Å². The Hall–Kier alpha value is -4.20. The Bertz CT molecular complexity index is 1300. The summed E-state index contributed by atoms with van der Waals surface area (Å²) in [6.45, 7) is -0.965. The molecular weight excluding hydrogens is 401 g/mol. The van der Waals surface area contributed by atoms with Crippen LogP contribution < -0.4 is 0 Å². The second kappa shape index (κ2) is 7.32. The zero-order valence-electron chi connectivity index (χ0n) is 15.0. The molecule has 3 heterocycles. The van der Waals surface area contributed by atoms with Crippen LogP contribution in [0.1, 0.15) is 5.69 Å². The van der Waals surface area contributed by atoms with Crippen molar-refractivity contribution < 1.29 is 18.1 Å². The number of imidazole rings is 2. The SMILES string of the molecule is N#Cc1cnc2ccc(-c3c(-c4ccc(F)cc4)nc([N+](=O)[O-])n3CC(F)F)cn12. The highest BCUT2D eigenvalue weighted by Crippen LogP contribution is 2.36. The number of nitro groups is 1. The number of alkyl halides is 2. The zero-order valence-corrected chi connectivity index (χ0v) is 15.0. The Balaban J connectivity index is 2.04. The van der Waals surface area contributed by atoms with Crippen LogP contribution in [0.2, 0.25) is 0 Å². The van der Waals surface area contributed by atoms with Gasteiger partial charge in [-0.2, -0.15) is 5.26 Å². The maximum Gasteiger partial charge on any atom is 0.435 e. The molecule has 0 N–H and O–H groups in total. The topological polar surface area (TPSA) is 102 Å². The quantitative estimate of drug-likeness (QED) is 0.364. The molecule has 0 amide bonds. The van der Waals surface area contributed by atoms with Crippen molar-refractivity contribution >= 4 is 11.6 Å². The van der Waals surface area contributed by atoms with Crippen LogP contribution in [0.25, 0.3) is 28.2 Å². The highest BCUT2D eigenvalue weighted by molar-refractivity contribution is 5.80. The lowest BCUT2D eigenvalue weighted by molar-refractivity contribution is -0.396. The van der Waals surface area contributed by atoms with Crippen LogP contribution in [0, 0.1) is 27.3 Å². The van der Waals surface area contributed by atoms with Gasteiger partial charge in [-0.1, -0.05) is 4.98 Å². The predicted octanol–water partition coefficient (Wildman–Crippen LogP) is 4.05. The fraction of sp³-hybridized carbons (Fsp3) is 0.105. The van der Waals surface area contributed by atoms with E-state index in [1.807, 2.05) is 6.07 Å². The third-order valence-corrected chi connectivity index (χ3v) is 4.44. The van der Waals surface area contributed by atoms with E-state index in [0.29, 0.717) is 16.8 Å². The number of pyridine rings is 1. The number of nitriles is 1. The van der Waals surface area contributed by atoms with Crippen molar-refractivity contribution in [2.45, 2.75) is 13.0 Å². The van der Waals surface area contributed by atoms with Gasteiger partial charge >= 0.3 is 5.95 Å². The number of rotatable bonds is 5. The van der Waals surface area contributed by atoms with E-state index >= 15 is 0 Å². The van der Waals surface area contributed by atoms with Crippen molar-refractivity contribution in [2.75, 3.05) is 0 Å². The first-order valence-electron chi connectivity index (χ1n) is 8.55. The number of halogens is 3. The Morgan fingerprint density at radius 2 is 1.87 bits per heavy atom. The summed E-state index contributed by atoms with van der Waals surface area (Å²) in [6, 6.07) is 10.0. The zero-order chi connectivity index (χ0) is 21.4. The van der Waals surface area contributed by atoms with E-state index in [9.17, 15) is 28.5 Å². The van der Waals surface area contributed by atoms with Crippen LogP contribution in [0.15, 0.2) is 48.8 Å². The summed E-state index contributed by atoms with van der Waals surface area (Å²) >= 11 is 0. The van der Waals surface area contributed by atoms with Crippen LogP contribution in [0.4, 0.5) is 19.1 Å². The van der Waals surface area contributed by atoms with Crippen molar-refractivity contribution in [1.29, 1.82) is 5.26 Å². The maximum atomic E-state index is 13.4. The van der Waals surface area contributed by atoms with E-state index < -0.39 is 29.7 Å². The maximum absolute atomic E-state index is 13.4. The average molecular weight is 412 g/mol. The molecule has 150 valence electrons. The van der Waals surface area contributed by atoms with E-state index in [4.69, 9.17) is 0 Å². The van der Waals surface area contributed by atoms with Gasteiger partial charge < -0.3 is 10.1 Å². The second-order valence-electron chi connectivity index (χ2n) is 6.28. The molecule has 4 rings (SSSR count). The van der Waals surface area contributed by atoms with E-state index in [0.717, 1.165) is 16.7 Å². The molecule has 0 fully saturated rings. The molecule has 1 aromatic carbocycles. The summed E-state index contributed by atoms with van der Waals surface area (Å²) in [5, 5.41) is 20.8. The molecular formula is C19H11F3N6O2. The summed E-state index contributed by atoms with van der Waals surface area (Å²) in [4.78, 5) is 18.7. The van der Waals surface area contributed by atoms with Crippen molar-refractivity contribution in [2.24, 2.45) is 0 Å². The molecule has 11 heteroatoms. The Morgan fingerprint density at radius 1 is 1.17 bits per heavy atom. The minimum absolute atomic E-state index is 0.0420. The number of hydrogen-bond donors (Lipinski definition) is 0. The molecule has 0 aliphatic rings.